The molecule has 0 saturated carbocycles. The van der Waals surface area contributed by atoms with E-state index in [1.807, 2.05) is 19.0 Å². The molecule has 1 saturated heterocycles. The molecule has 0 aromatic carbocycles. The number of hydrogen-bond donors (Lipinski definition) is 0. The van der Waals surface area contributed by atoms with Crippen LogP contribution in [0.4, 0.5) is 0 Å². The van der Waals surface area contributed by atoms with E-state index in [2.05, 4.69) is 15.1 Å². The van der Waals surface area contributed by atoms with Crippen molar-refractivity contribution in [1.29, 1.82) is 0 Å². The van der Waals surface area contributed by atoms with Gasteiger partial charge in [0.2, 0.25) is 23.5 Å². The quantitative estimate of drug-likeness (QED) is 0.697. The molecule has 2 aromatic heterocycles. The minimum Gasteiger partial charge on any atom is -0.341 e. The molecule has 0 unspecified atom stereocenters. The maximum absolute atomic E-state index is 12.8. The van der Waals surface area contributed by atoms with Crippen LogP contribution >= 0.6 is 0 Å². The number of likely N-dealkylation sites (tertiary alicyclic amines) is 1. The number of aromatic nitrogens is 3. The van der Waals surface area contributed by atoms with Gasteiger partial charge in [0.1, 0.15) is 0 Å². The summed E-state index contributed by atoms with van der Waals surface area (Å²) in [5, 5.41) is 3.96. The van der Waals surface area contributed by atoms with E-state index in [-0.39, 0.29) is 24.3 Å². The van der Waals surface area contributed by atoms with Crippen LogP contribution in [0.3, 0.4) is 0 Å². The first-order valence-corrected chi connectivity index (χ1v) is 9.34. The molecule has 2 aromatic rings. The van der Waals surface area contributed by atoms with Crippen molar-refractivity contribution in [1.82, 2.24) is 29.8 Å². The lowest BCUT2D eigenvalue weighted by atomic mass is 9.96. The molecule has 2 amide bonds. The zero-order chi connectivity index (χ0) is 20.1. The third-order valence-corrected chi connectivity index (χ3v) is 4.82. The summed E-state index contributed by atoms with van der Waals surface area (Å²) >= 11 is 0. The Morgan fingerprint density at radius 1 is 1.29 bits per heavy atom. The molecule has 0 aliphatic carbocycles. The van der Waals surface area contributed by atoms with Gasteiger partial charge in [-0.15, -0.1) is 0 Å². The molecule has 9 nitrogen and oxygen atoms in total. The van der Waals surface area contributed by atoms with Gasteiger partial charge in [0, 0.05) is 51.1 Å². The van der Waals surface area contributed by atoms with Crippen molar-refractivity contribution in [2.45, 2.75) is 19.4 Å². The topological polar surface area (TPSA) is 95.7 Å². The van der Waals surface area contributed by atoms with Crippen LogP contribution in [0.25, 0.3) is 11.4 Å². The van der Waals surface area contributed by atoms with E-state index >= 15 is 0 Å². The van der Waals surface area contributed by atoms with E-state index in [1.165, 1.54) is 0 Å². The van der Waals surface area contributed by atoms with Crippen molar-refractivity contribution in [3.05, 3.63) is 30.4 Å². The summed E-state index contributed by atoms with van der Waals surface area (Å²) in [4.78, 5) is 38.7. The smallest absolute Gasteiger partial charge is 0.246 e. The number of rotatable bonds is 7. The highest BCUT2D eigenvalue weighted by Crippen LogP contribution is 2.21. The summed E-state index contributed by atoms with van der Waals surface area (Å²) in [6, 6.07) is 3.59. The highest BCUT2D eigenvalue weighted by Gasteiger charge is 2.32. The van der Waals surface area contributed by atoms with Gasteiger partial charge in [-0.2, -0.15) is 4.98 Å². The average Bonchev–Trinajstić information content (AvgIpc) is 3.16. The molecule has 1 atom stereocenters. The predicted octanol–water partition coefficient (Wildman–Crippen LogP) is 0.890. The van der Waals surface area contributed by atoms with Crippen LogP contribution < -0.4 is 0 Å². The normalized spacial score (nSPS) is 17.2. The number of amides is 2. The second kappa shape index (κ2) is 8.92. The van der Waals surface area contributed by atoms with Crippen LogP contribution in [0.1, 0.15) is 18.7 Å². The predicted molar refractivity (Wildman–Crippen MR) is 102 cm³/mol. The number of nitrogens with zero attached hydrogens (tertiary/aromatic N) is 6. The summed E-state index contributed by atoms with van der Waals surface area (Å²) < 4.78 is 5.28. The molecule has 3 heterocycles. The van der Waals surface area contributed by atoms with Gasteiger partial charge in [0.15, 0.2) is 0 Å². The Labute approximate surface area is 164 Å². The highest BCUT2D eigenvalue weighted by molar-refractivity contribution is 5.83. The van der Waals surface area contributed by atoms with Crippen LogP contribution in [0.15, 0.2) is 29.0 Å². The summed E-state index contributed by atoms with van der Waals surface area (Å²) in [6.45, 7) is 2.11. The Morgan fingerprint density at radius 3 is 2.75 bits per heavy atom. The fraction of sp³-hybridized carbons (Fsp3) is 0.526. The summed E-state index contributed by atoms with van der Waals surface area (Å²) in [6.07, 6.45) is 4.30. The molecule has 1 aliphatic rings. The largest absolute Gasteiger partial charge is 0.341 e. The minimum atomic E-state index is -0.201. The third-order valence-electron chi connectivity index (χ3n) is 4.82. The number of carbonyl (C=O) groups is 2. The molecule has 1 fully saturated rings. The van der Waals surface area contributed by atoms with Crippen molar-refractivity contribution in [3.63, 3.8) is 0 Å². The zero-order valence-electron chi connectivity index (χ0n) is 16.5. The monoisotopic (exact) mass is 386 g/mol. The Hall–Kier alpha value is -2.81. The van der Waals surface area contributed by atoms with E-state index in [4.69, 9.17) is 4.52 Å². The molecule has 150 valence electrons. The van der Waals surface area contributed by atoms with Gasteiger partial charge >= 0.3 is 0 Å². The first-order chi connectivity index (χ1) is 13.4. The highest BCUT2D eigenvalue weighted by atomic mass is 16.5. The number of hydrogen-bond acceptors (Lipinski definition) is 7. The van der Waals surface area contributed by atoms with Crippen molar-refractivity contribution in [2.24, 2.45) is 5.92 Å². The summed E-state index contributed by atoms with van der Waals surface area (Å²) in [5.74, 6) is 0.751. The standard InChI is InChI=1S/C19H26N6O3/c1-23(2)10-11-25-12-15(4-5-17(25)26)19(27)24(3)13-16-21-18(22-28-16)14-6-8-20-9-7-14/h6-9,15H,4-5,10-13H2,1-3H3/t15-/m0/s1. The molecule has 3 rings (SSSR count). The maximum atomic E-state index is 12.8. The van der Waals surface area contributed by atoms with Gasteiger partial charge in [-0.05, 0) is 32.6 Å². The SMILES string of the molecule is CN(C)CCN1C[C@@H](C(=O)N(C)Cc2nc(-c3ccncc3)no2)CCC1=O. The lowest BCUT2D eigenvalue weighted by Gasteiger charge is -2.34. The second-order valence-corrected chi connectivity index (χ2v) is 7.32. The number of pyridine rings is 1. The fourth-order valence-electron chi connectivity index (χ4n) is 3.18. The van der Waals surface area contributed by atoms with E-state index in [0.717, 1.165) is 12.1 Å². The molecule has 0 bridgehead atoms. The second-order valence-electron chi connectivity index (χ2n) is 7.32. The van der Waals surface area contributed by atoms with Crippen LogP contribution in [0.5, 0.6) is 0 Å². The first-order valence-electron chi connectivity index (χ1n) is 9.34. The van der Waals surface area contributed by atoms with Gasteiger partial charge < -0.3 is 19.2 Å². The Morgan fingerprint density at radius 2 is 2.04 bits per heavy atom. The first kappa shape index (κ1) is 19.9. The maximum Gasteiger partial charge on any atom is 0.246 e. The molecule has 28 heavy (non-hydrogen) atoms. The van der Waals surface area contributed by atoms with Crippen LogP contribution in [-0.2, 0) is 16.1 Å². The van der Waals surface area contributed by atoms with Crippen molar-refractivity contribution >= 4 is 11.8 Å². The molecule has 0 radical (unpaired) electrons. The van der Waals surface area contributed by atoms with E-state index < -0.39 is 0 Å². The van der Waals surface area contributed by atoms with Gasteiger partial charge in [-0.3, -0.25) is 14.6 Å². The molecule has 0 N–H and O–H groups in total. The molecule has 1 aliphatic heterocycles. The summed E-state index contributed by atoms with van der Waals surface area (Å²) in [5.41, 5.74) is 0.807. The minimum absolute atomic E-state index is 0.00832. The Bertz CT molecular complexity index is 807. The zero-order valence-corrected chi connectivity index (χ0v) is 16.5. The van der Waals surface area contributed by atoms with Gasteiger partial charge in [0.25, 0.3) is 0 Å². The van der Waals surface area contributed by atoms with Gasteiger partial charge in [-0.1, -0.05) is 5.16 Å². The van der Waals surface area contributed by atoms with Crippen LogP contribution in [0.2, 0.25) is 0 Å². The molecular formula is C19H26N6O3. The average molecular weight is 386 g/mol. The van der Waals surface area contributed by atoms with E-state index in [0.29, 0.717) is 37.6 Å². The van der Waals surface area contributed by atoms with E-state index in [9.17, 15) is 9.59 Å². The van der Waals surface area contributed by atoms with Crippen molar-refractivity contribution < 1.29 is 14.1 Å². The van der Waals surface area contributed by atoms with Gasteiger partial charge in [-0.25, -0.2) is 0 Å². The Kier molecular flexibility index (Phi) is 6.35. The molecule has 9 heteroatoms. The number of piperidine rings is 1. The molecular weight excluding hydrogens is 360 g/mol. The molecule has 0 spiro atoms. The van der Waals surface area contributed by atoms with Crippen LogP contribution in [-0.4, -0.2) is 82.4 Å². The van der Waals surface area contributed by atoms with Crippen molar-refractivity contribution in [2.75, 3.05) is 40.8 Å². The fourth-order valence-corrected chi connectivity index (χ4v) is 3.18. The Balaban J connectivity index is 1.58. The lowest BCUT2D eigenvalue weighted by Crippen LogP contribution is -2.47. The number of likely N-dealkylation sites (N-methyl/N-ethyl adjacent to an activating group) is 1. The lowest BCUT2D eigenvalue weighted by molar-refractivity contribution is -0.142. The van der Waals surface area contributed by atoms with Crippen LogP contribution in [0, 0.1) is 5.92 Å². The summed E-state index contributed by atoms with van der Waals surface area (Å²) in [7, 11) is 5.66. The third kappa shape index (κ3) is 4.92. The number of carbonyl (C=O) groups excluding carboxylic acids is 2. The van der Waals surface area contributed by atoms with E-state index in [1.54, 1.807) is 41.4 Å². The van der Waals surface area contributed by atoms with Crippen molar-refractivity contribution in [3.8, 4) is 11.4 Å². The van der Waals surface area contributed by atoms with Gasteiger partial charge in [0.05, 0.1) is 12.5 Å².